The van der Waals surface area contributed by atoms with Gasteiger partial charge in [0.05, 0.1) is 18.3 Å². The number of nitrogens with two attached hydrogens (primary N) is 1. The lowest BCUT2D eigenvalue weighted by molar-refractivity contribution is -0.140. The van der Waals surface area contributed by atoms with E-state index in [0.29, 0.717) is 25.3 Å². The predicted molar refractivity (Wildman–Crippen MR) is 159 cm³/mol. The number of hydrogen-bond donors (Lipinski definition) is 4. The van der Waals surface area contributed by atoms with Crippen LogP contribution in [0.4, 0.5) is 11.4 Å². The number of amides is 3. The molecular formula is C31H41N7O4. The van der Waals surface area contributed by atoms with Crippen LogP contribution in [-0.2, 0) is 33.8 Å². The fourth-order valence-corrected chi connectivity index (χ4v) is 6.40. The van der Waals surface area contributed by atoms with Gasteiger partial charge in [0, 0.05) is 51.6 Å². The van der Waals surface area contributed by atoms with Gasteiger partial charge < -0.3 is 30.9 Å². The van der Waals surface area contributed by atoms with Crippen molar-refractivity contribution in [2.75, 3.05) is 38.6 Å². The topological polar surface area (TPSA) is 153 Å². The second kappa shape index (κ2) is 13.3. The first-order valence-corrected chi connectivity index (χ1v) is 14.9. The fraction of sp³-hybridized carbons (Fsp3) is 0.516. The highest BCUT2D eigenvalue weighted by Crippen LogP contribution is 2.33. The number of ether oxygens (including phenoxy) is 1. The number of nitrogens with zero attached hydrogens (tertiary/aromatic N) is 3. The van der Waals surface area contributed by atoms with Gasteiger partial charge in [-0.15, -0.1) is 0 Å². The van der Waals surface area contributed by atoms with Gasteiger partial charge in [0.2, 0.25) is 17.7 Å². The summed E-state index contributed by atoms with van der Waals surface area (Å²) in [5.74, 6) is 0.504. The number of fused-ring (bicyclic) bond motifs is 1. The molecule has 0 unspecified atom stereocenters. The van der Waals surface area contributed by atoms with Gasteiger partial charge in [-0.05, 0) is 67.3 Å². The second-order valence-electron chi connectivity index (χ2n) is 11.5. The molecule has 3 atom stereocenters. The van der Waals surface area contributed by atoms with Crippen LogP contribution in [0.3, 0.4) is 0 Å². The molecule has 3 aliphatic rings. The van der Waals surface area contributed by atoms with Crippen molar-refractivity contribution in [2.45, 2.75) is 63.6 Å². The standard InChI is InChI=1S/C31H41N7O4/c1-34-25-9-7-20(16-26(25)36-33)18-35-30(40)27-17-21(15-22-5-4-6-28-23(22)11-14-42-28)19-38(27)31(41)24(32)8-10-29(39)37-12-2-3-13-37/h4-7,9,16,21,24,27,33-34H,2-3,8,10-15,17-19,32H2,1H3,(H,35,40)/t21-,24-,27+/m1/s1. The summed E-state index contributed by atoms with van der Waals surface area (Å²) >= 11 is 0. The minimum Gasteiger partial charge on any atom is -0.493 e. The summed E-state index contributed by atoms with van der Waals surface area (Å²) in [6.45, 7) is 2.87. The van der Waals surface area contributed by atoms with Gasteiger partial charge in [0.25, 0.3) is 0 Å². The summed E-state index contributed by atoms with van der Waals surface area (Å²) in [6.07, 6.45) is 4.62. The molecule has 0 radical (unpaired) electrons. The van der Waals surface area contributed by atoms with Crippen LogP contribution in [-0.4, -0.2) is 72.9 Å². The predicted octanol–water partition coefficient (Wildman–Crippen LogP) is 3.13. The van der Waals surface area contributed by atoms with Crippen molar-refractivity contribution in [1.29, 1.82) is 5.53 Å². The van der Waals surface area contributed by atoms with Crippen LogP contribution in [0.25, 0.3) is 0 Å². The summed E-state index contributed by atoms with van der Waals surface area (Å²) in [4.78, 5) is 43.2. The summed E-state index contributed by atoms with van der Waals surface area (Å²) in [5, 5.41) is 9.55. The van der Waals surface area contributed by atoms with E-state index in [-0.39, 0.29) is 43.0 Å². The van der Waals surface area contributed by atoms with Crippen LogP contribution in [0, 0.1) is 11.4 Å². The molecule has 3 amide bonds. The smallest absolute Gasteiger partial charge is 0.243 e. The van der Waals surface area contributed by atoms with Crippen molar-refractivity contribution in [3.63, 3.8) is 0 Å². The van der Waals surface area contributed by atoms with Crippen LogP contribution >= 0.6 is 0 Å². The van der Waals surface area contributed by atoms with Crippen molar-refractivity contribution in [2.24, 2.45) is 16.8 Å². The van der Waals surface area contributed by atoms with E-state index in [1.807, 2.05) is 29.2 Å². The van der Waals surface area contributed by atoms with E-state index in [1.165, 1.54) is 11.1 Å². The van der Waals surface area contributed by atoms with Crippen LogP contribution in [0.1, 0.15) is 48.8 Å². The molecule has 224 valence electrons. The quantitative estimate of drug-likeness (QED) is 0.302. The maximum atomic E-state index is 13.6. The zero-order valence-electron chi connectivity index (χ0n) is 24.2. The van der Waals surface area contributed by atoms with Crippen molar-refractivity contribution in [1.82, 2.24) is 15.1 Å². The number of carbonyl (C=O) groups is 3. The molecule has 42 heavy (non-hydrogen) atoms. The van der Waals surface area contributed by atoms with E-state index in [0.717, 1.165) is 55.8 Å². The van der Waals surface area contributed by atoms with Crippen LogP contribution in [0.15, 0.2) is 41.5 Å². The van der Waals surface area contributed by atoms with E-state index in [4.69, 9.17) is 16.0 Å². The summed E-state index contributed by atoms with van der Waals surface area (Å²) < 4.78 is 5.74. The molecule has 2 aromatic carbocycles. The van der Waals surface area contributed by atoms with E-state index in [1.54, 1.807) is 18.0 Å². The lowest BCUT2D eigenvalue weighted by Gasteiger charge is -2.27. The Bertz CT molecular complexity index is 1330. The third-order valence-corrected chi connectivity index (χ3v) is 8.69. The lowest BCUT2D eigenvalue weighted by atomic mass is 9.92. The Balaban J connectivity index is 1.27. The van der Waals surface area contributed by atoms with Crippen molar-refractivity contribution < 1.29 is 19.1 Å². The molecule has 0 bridgehead atoms. The Morgan fingerprint density at radius 2 is 2.00 bits per heavy atom. The normalized spacial score (nSPS) is 20.1. The van der Waals surface area contributed by atoms with Crippen LogP contribution < -0.4 is 21.1 Å². The Kier molecular flexibility index (Phi) is 9.36. The van der Waals surface area contributed by atoms with Gasteiger partial charge in [-0.25, -0.2) is 5.53 Å². The van der Waals surface area contributed by atoms with Gasteiger partial charge in [0.1, 0.15) is 17.5 Å². The minimum atomic E-state index is -0.852. The number of hydrogen-bond acceptors (Lipinski definition) is 8. The average Bonchev–Trinajstić information content (AvgIpc) is 3.79. The third kappa shape index (κ3) is 6.56. The van der Waals surface area contributed by atoms with Crippen molar-refractivity contribution in [3.8, 4) is 5.75 Å². The lowest BCUT2D eigenvalue weighted by Crippen LogP contribution is -2.51. The molecule has 0 spiro atoms. The molecule has 0 aromatic heterocycles. The number of anilines is 1. The Morgan fingerprint density at radius 1 is 1.19 bits per heavy atom. The first-order chi connectivity index (χ1) is 20.4. The Morgan fingerprint density at radius 3 is 2.76 bits per heavy atom. The zero-order chi connectivity index (χ0) is 29.6. The molecule has 2 saturated heterocycles. The third-order valence-electron chi connectivity index (χ3n) is 8.69. The van der Waals surface area contributed by atoms with E-state index in [2.05, 4.69) is 21.8 Å². The van der Waals surface area contributed by atoms with E-state index in [9.17, 15) is 14.4 Å². The van der Waals surface area contributed by atoms with Gasteiger partial charge in [-0.2, -0.15) is 5.11 Å². The number of benzene rings is 2. The van der Waals surface area contributed by atoms with E-state index >= 15 is 0 Å². The molecule has 2 aromatic rings. The largest absolute Gasteiger partial charge is 0.493 e. The number of carbonyl (C=O) groups excluding carboxylic acids is 3. The highest BCUT2D eigenvalue weighted by molar-refractivity contribution is 5.90. The van der Waals surface area contributed by atoms with Crippen LogP contribution in [0.5, 0.6) is 5.75 Å². The maximum absolute atomic E-state index is 13.6. The molecule has 0 aliphatic carbocycles. The molecule has 5 rings (SSSR count). The highest BCUT2D eigenvalue weighted by Gasteiger charge is 2.41. The summed E-state index contributed by atoms with van der Waals surface area (Å²) in [7, 11) is 1.76. The fourth-order valence-electron chi connectivity index (χ4n) is 6.40. The van der Waals surface area contributed by atoms with Crippen molar-refractivity contribution >= 4 is 29.1 Å². The monoisotopic (exact) mass is 575 g/mol. The van der Waals surface area contributed by atoms with Gasteiger partial charge in [-0.3, -0.25) is 14.4 Å². The maximum Gasteiger partial charge on any atom is 0.243 e. The first kappa shape index (κ1) is 29.5. The van der Waals surface area contributed by atoms with E-state index < -0.39 is 12.1 Å². The Labute approximate surface area is 246 Å². The van der Waals surface area contributed by atoms with Gasteiger partial charge in [-0.1, -0.05) is 18.2 Å². The molecule has 11 nitrogen and oxygen atoms in total. The molecule has 3 aliphatic heterocycles. The molecule has 5 N–H and O–H groups in total. The highest BCUT2D eigenvalue weighted by atomic mass is 16.5. The minimum absolute atomic E-state index is 0.0348. The number of rotatable bonds is 11. The molecule has 2 fully saturated rings. The average molecular weight is 576 g/mol. The molecule has 3 heterocycles. The van der Waals surface area contributed by atoms with Gasteiger partial charge in [0.15, 0.2) is 0 Å². The Hall–Kier alpha value is -3.99. The van der Waals surface area contributed by atoms with Crippen LogP contribution in [0.2, 0.25) is 0 Å². The molecule has 11 heteroatoms. The summed E-state index contributed by atoms with van der Waals surface area (Å²) in [5.41, 5.74) is 18.2. The zero-order valence-corrected chi connectivity index (χ0v) is 24.2. The summed E-state index contributed by atoms with van der Waals surface area (Å²) in [6, 6.07) is 10.0. The SMILES string of the molecule is CNc1ccc(CNC(=O)[C@@H]2C[C@@H](Cc3cccc4c3CCO4)CN2C(=O)[C@H](N)CCC(=O)N2CCCC2)cc1N=N. The van der Waals surface area contributed by atoms with Crippen molar-refractivity contribution in [3.05, 3.63) is 53.1 Å². The molecular weight excluding hydrogens is 534 g/mol. The first-order valence-electron chi connectivity index (χ1n) is 14.9. The molecule has 0 saturated carbocycles. The second-order valence-corrected chi connectivity index (χ2v) is 11.5. The number of likely N-dealkylation sites (tertiary alicyclic amines) is 2. The van der Waals surface area contributed by atoms with Gasteiger partial charge >= 0.3 is 0 Å². The number of nitrogens with one attached hydrogen (secondary N) is 3.